The van der Waals surface area contributed by atoms with Gasteiger partial charge in [-0.2, -0.15) is 0 Å². The molecule has 2 rings (SSSR count). The van der Waals surface area contributed by atoms with Gasteiger partial charge in [0.2, 0.25) is 11.8 Å². The largest absolute Gasteiger partial charge is 0.320 e. The number of hydrogen-bond donors (Lipinski definition) is 1. The fraction of sp³-hybridized carbons (Fsp3) is 0.176. The molecule has 0 fully saturated rings. The van der Waals surface area contributed by atoms with E-state index in [-0.39, 0.29) is 12.5 Å². The Morgan fingerprint density at radius 1 is 1.17 bits per heavy atom. The Bertz CT molecular complexity index is 776. The molecule has 1 N–H and O–H groups in total. The highest BCUT2D eigenvalue weighted by Crippen LogP contribution is 2.24. The number of rotatable bonds is 4. The number of halogens is 3. The first-order valence-electron chi connectivity index (χ1n) is 7.07. The number of hydrogen-bond acceptors (Lipinski definition) is 2. The van der Waals surface area contributed by atoms with Crippen molar-refractivity contribution in [1.29, 1.82) is 0 Å². The van der Waals surface area contributed by atoms with Crippen molar-refractivity contribution < 1.29 is 18.4 Å². The van der Waals surface area contributed by atoms with Crippen molar-refractivity contribution in [2.24, 2.45) is 0 Å². The van der Waals surface area contributed by atoms with Crippen LogP contribution >= 0.6 is 11.6 Å². The van der Waals surface area contributed by atoms with Crippen LogP contribution in [0.15, 0.2) is 36.4 Å². The Morgan fingerprint density at radius 3 is 2.33 bits per heavy atom. The van der Waals surface area contributed by atoms with E-state index in [4.69, 9.17) is 11.6 Å². The van der Waals surface area contributed by atoms with Gasteiger partial charge in [0.1, 0.15) is 23.9 Å². The number of nitrogens with one attached hydrogen (secondary N) is 1. The van der Waals surface area contributed by atoms with E-state index in [0.717, 1.165) is 12.1 Å². The molecule has 0 radical (unpaired) electrons. The average Bonchev–Trinajstić information content (AvgIpc) is 2.49. The number of amides is 2. The molecule has 0 spiro atoms. The van der Waals surface area contributed by atoms with E-state index in [1.165, 1.54) is 17.9 Å². The standard InChI is InChI=1S/C17H15ClF2N2O2/c1-10-8-12(18)6-7-15(10)22(11(2)23)9-16(24)21-17-13(19)4-3-5-14(17)20/h3-8H,9H2,1-2H3,(H,21,24). The lowest BCUT2D eigenvalue weighted by Crippen LogP contribution is -2.37. The molecule has 0 aliphatic heterocycles. The molecular weight excluding hydrogens is 338 g/mol. The van der Waals surface area contributed by atoms with Crippen molar-refractivity contribution in [3.05, 3.63) is 58.6 Å². The second kappa shape index (κ2) is 7.40. The quantitative estimate of drug-likeness (QED) is 0.906. The van der Waals surface area contributed by atoms with Crippen LogP contribution in [-0.2, 0) is 9.59 Å². The van der Waals surface area contributed by atoms with Crippen LogP contribution < -0.4 is 10.2 Å². The molecule has 0 bridgehead atoms. The first-order chi connectivity index (χ1) is 11.3. The number of anilines is 2. The fourth-order valence-corrected chi connectivity index (χ4v) is 2.45. The van der Waals surface area contributed by atoms with E-state index in [9.17, 15) is 18.4 Å². The van der Waals surface area contributed by atoms with E-state index >= 15 is 0 Å². The molecule has 0 unspecified atom stereocenters. The van der Waals surface area contributed by atoms with E-state index in [1.54, 1.807) is 25.1 Å². The summed E-state index contributed by atoms with van der Waals surface area (Å²) >= 11 is 5.88. The SMILES string of the molecule is CC(=O)N(CC(=O)Nc1c(F)cccc1F)c1ccc(Cl)cc1C. The maximum absolute atomic E-state index is 13.6. The first kappa shape index (κ1) is 17.9. The topological polar surface area (TPSA) is 49.4 Å². The van der Waals surface area contributed by atoms with Gasteiger partial charge in [0.15, 0.2) is 0 Å². The number of carbonyl (C=O) groups is 2. The molecule has 0 saturated carbocycles. The summed E-state index contributed by atoms with van der Waals surface area (Å²) in [6.07, 6.45) is 0. The maximum atomic E-state index is 13.6. The first-order valence-corrected chi connectivity index (χ1v) is 7.45. The Balaban J connectivity index is 2.22. The summed E-state index contributed by atoms with van der Waals surface area (Å²) in [5.74, 6) is -2.88. The lowest BCUT2D eigenvalue weighted by molar-refractivity contribution is -0.120. The van der Waals surface area contributed by atoms with Crippen LogP contribution in [0.3, 0.4) is 0 Å². The minimum Gasteiger partial charge on any atom is -0.320 e. The van der Waals surface area contributed by atoms with Gasteiger partial charge in [0, 0.05) is 17.6 Å². The van der Waals surface area contributed by atoms with Crippen LogP contribution in [0.4, 0.5) is 20.2 Å². The Hall–Kier alpha value is -2.47. The number of para-hydroxylation sites is 1. The number of benzene rings is 2. The second-order valence-corrected chi connectivity index (χ2v) is 5.62. The molecule has 0 aliphatic rings. The predicted octanol–water partition coefficient (Wildman–Crippen LogP) is 3.92. The van der Waals surface area contributed by atoms with Crippen molar-refractivity contribution in [3.63, 3.8) is 0 Å². The zero-order valence-electron chi connectivity index (χ0n) is 13.1. The summed E-state index contributed by atoms with van der Waals surface area (Å²) < 4.78 is 27.2. The van der Waals surface area contributed by atoms with Crippen molar-refractivity contribution in [1.82, 2.24) is 0 Å². The molecule has 126 valence electrons. The summed E-state index contributed by atoms with van der Waals surface area (Å²) in [7, 11) is 0. The van der Waals surface area contributed by atoms with Crippen LogP contribution in [0.25, 0.3) is 0 Å². The number of nitrogens with zero attached hydrogens (tertiary/aromatic N) is 1. The van der Waals surface area contributed by atoms with Crippen LogP contribution in [-0.4, -0.2) is 18.4 Å². The lowest BCUT2D eigenvalue weighted by Gasteiger charge is -2.23. The van der Waals surface area contributed by atoms with E-state index in [1.807, 2.05) is 0 Å². The van der Waals surface area contributed by atoms with E-state index in [2.05, 4.69) is 5.32 Å². The van der Waals surface area contributed by atoms with Crippen molar-refractivity contribution in [2.75, 3.05) is 16.8 Å². The molecule has 2 aromatic rings. The Labute approximate surface area is 143 Å². The van der Waals surface area contributed by atoms with Crippen molar-refractivity contribution in [3.8, 4) is 0 Å². The molecule has 0 heterocycles. The molecule has 7 heteroatoms. The third kappa shape index (κ3) is 4.08. The molecule has 4 nitrogen and oxygen atoms in total. The zero-order chi connectivity index (χ0) is 17.9. The predicted molar refractivity (Wildman–Crippen MR) is 89.2 cm³/mol. The third-order valence-corrected chi connectivity index (χ3v) is 3.59. The number of aryl methyl sites for hydroxylation is 1. The highest BCUT2D eigenvalue weighted by molar-refractivity contribution is 6.30. The van der Waals surface area contributed by atoms with Gasteiger partial charge in [0.25, 0.3) is 0 Å². The summed E-state index contributed by atoms with van der Waals surface area (Å²) in [6.45, 7) is 2.65. The van der Waals surface area contributed by atoms with Crippen LogP contribution in [0, 0.1) is 18.6 Å². The van der Waals surface area contributed by atoms with Crippen LogP contribution in [0.1, 0.15) is 12.5 Å². The van der Waals surface area contributed by atoms with Crippen molar-refractivity contribution in [2.45, 2.75) is 13.8 Å². The van der Waals surface area contributed by atoms with Gasteiger partial charge in [-0.15, -0.1) is 0 Å². The van der Waals surface area contributed by atoms with Crippen LogP contribution in [0.2, 0.25) is 5.02 Å². The fourth-order valence-electron chi connectivity index (χ4n) is 2.23. The molecular formula is C17H15ClF2N2O2. The summed E-state index contributed by atoms with van der Waals surface area (Å²) in [5.41, 5.74) is 0.650. The molecule has 0 aliphatic carbocycles. The highest BCUT2D eigenvalue weighted by atomic mass is 35.5. The van der Waals surface area contributed by atoms with E-state index < -0.39 is 23.2 Å². The Morgan fingerprint density at radius 2 is 1.79 bits per heavy atom. The molecule has 0 aromatic heterocycles. The van der Waals surface area contributed by atoms with Gasteiger partial charge in [-0.1, -0.05) is 17.7 Å². The Kier molecular flexibility index (Phi) is 5.51. The molecule has 0 atom stereocenters. The van der Waals surface area contributed by atoms with Gasteiger partial charge in [-0.05, 0) is 42.8 Å². The second-order valence-electron chi connectivity index (χ2n) is 5.18. The van der Waals surface area contributed by atoms with Gasteiger partial charge < -0.3 is 10.2 Å². The molecule has 0 saturated heterocycles. The lowest BCUT2D eigenvalue weighted by atomic mass is 10.1. The average molecular weight is 353 g/mol. The van der Waals surface area contributed by atoms with Gasteiger partial charge >= 0.3 is 0 Å². The highest BCUT2D eigenvalue weighted by Gasteiger charge is 2.19. The van der Waals surface area contributed by atoms with E-state index in [0.29, 0.717) is 16.3 Å². The summed E-state index contributed by atoms with van der Waals surface area (Å²) in [4.78, 5) is 25.2. The van der Waals surface area contributed by atoms with Crippen LogP contribution in [0.5, 0.6) is 0 Å². The zero-order valence-corrected chi connectivity index (χ0v) is 13.8. The smallest absolute Gasteiger partial charge is 0.244 e. The van der Waals surface area contributed by atoms with Gasteiger partial charge in [-0.3, -0.25) is 9.59 Å². The van der Waals surface area contributed by atoms with Gasteiger partial charge in [0.05, 0.1) is 0 Å². The monoisotopic (exact) mass is 352 g/mol. The third-order valence-electron chi connectivity index (χ3n) is 3.36. The summed E-state index contributed by atoms with van der Waals surface area (Å²) in [5, 5.41) is 2.65. The molecule has 24 heavy (non-hydrogen) atoms. The molecule has 2 amide bonds. The summed E-state index contributed by atoms with van der Waals surface area (Å²) in [6, 6.07) is 8.11. The normalized spacial score (nSPS) is 10.4. The van der Waals surface area contributed by atoms with Gasteiger partial charge in [-0.25, -0.2) is 8.78 Å². The number of carbonyl (C=O) groups excluding carboxylic acids is 2. The minimum absolute atomic E-state index is 0.383. The van der Waals surface area contributed by atoms with Crippen molar-refractivity contribution >= 4 is 34.8 Å². The molecule has 2 aromatic carbocycles. The maximum Gasteiger partial charge on any atom is 0.244 e. The minimum atomic E-state index is -0.889.